The summed E-state index contributed by atoms with van der Waals surface area (Å²) in [7, 11) is -3.41. The molecule has 0 amide bonds. The van der Waals surface area contributed by atoms with E-state index in [-0.39, 0.29) is 0 Å². The lowest BCUT2D eigenvalue weighted by molar-refractivity contribution is 0.730. The Kier molecular flexibility index (Phi) is 8.05. The number of rotatable bonds is 6. The standard InChI is InChI=1S/C68H45N3Si/c1-7-24-46(25-8-1)67(47-26-9-2-10-27-47)52-36-19-21-38-56(52)70-58-40-23-41-59-64(58)72(51-34-17-6-18-35-51)65-60(44-42-54(67)62(65)70)69(50-32-15-5-16-33-50)61-45-43-55-63(66(61)72)71(59)57-39-22-20-37-53(57)68(55,48-28-11-3-12-29-48)49-30-13-4-14-31-49/h1-45H. The number of fused-ring (bicyclic) bond motifs is 6. The maximum absolute atomic E-state index is 3.41. The van der Waals surface area contributed by atoms with E-state index in [1.807, 2.05) is 0 Å². The minimum Gasteiger partial charge on any atom is -0.310 e. The molecule has 0 saturated heterocycles. The van der Waals surface area contributed by atoms with Crippen molar-refractivity contribution < 1.29 is 0 Å². The molecule has 0 N–H and O–H groups in total. The van der Waals surface area contributed by atoms with Gasteiger partial charge in [-0.25, -0.2) is 0 Å². The van der Waals surface area contributed by atoms with Gasteiger partial charge in [-0.3, -0.25) is 0 Å². The summed E-state index contributed by atoms with van der Waals surface area (Å²) in [5, 5.41) is 5.70. The highest BCUT2D eigenvalue weighted by atomic mass is 28.3. The number of nitrogens with zero attached hydrogens (tertiary/aromatic N) is 3. The molecule has 4 heteroatoms. The van der Waals surface area contributed by atoms with Gasteiger partial charge >= 0.3 is 0 Å². The van der Waals surface area contributed by atoms with Crippen LogP contribution in [0.3, 0.4) is 0 Å². The maximum Gasteiger partial charge on any atom is 0.194 e. The van der Waals surface area contributed by atoms with E-state index in [4.69, 9.17) is 0 Å². The summed E-state index contributed by atoms with van der Waals surface area (Å²) in [5.74, 6) is 0. The second kappa shape index (κ2) is 14.5. The Morgan fingerprint density at radius 3 is 0.986 bits per heavy atom. The monoisotopic (exact) mass is 931 g/mol. The largest absolute Gasteiger partial charge is 0.310 e. The van der Waals surface area contributed by atoms with Crippen molar-refractivity contribution in [2.45, 2.75) is 10.8 Å². The average Bonchev–Trinajstić information content (AvgIpc) is 3.46. The van der Waals surface area contributed by atoms with Crippen molar-refractivity contribution in [3.63, 3.8) is 0 Å². The molecule has 72 heavy (non-hydrogen) atoms. The predicted molar refractivity (Wildman–Crippen MR) is 299 cm³/mol. The zero-order valence-corrected chi connectivity index (χ0v) is 40.3. The first-order chi connectivity index (χ1) is 35.8. The van der Waals surface area contributed by atoms with Crippen LogP contribution >= 0.6 is 0 Å². The van der Waals surface area contributed by atoms with Gasteiger partial charge in [0.2, 0.25) is 0 Å². The van der Waals surface area contributed by atoms with Gasteiger partial charge in [0.15, 0.2) is 8.07 Å². The van der Waals surface area contributed by atoms with Crippen LogP contribution in [0.4, 0.5) is 51.2 Å². The molecule has 0 saturated carbocycles. The molecule has 11 aromatic carbocycles. The normalized spacial score (nSPS) is 15.8. The molecule has 11 aromatic rings. The minimum atomic E-state index is -3.41. The van der Waals surface area contributed by atoms with Crippen molar-refractivity contribution in [3.05, 3.63) is 317 Å². The van der Waals surface area contributed by atoms with Crippen molar-refractivity contribution in [1.29, 1.82) is 0 Å². The Hall–Kier alpha value is -8.96. The molecule has 3 nitrogen and oxygen atoms in total. The quantitative estimate of drug-likeness (QED) is 0.154. The van der Waals surface area contributed by atoms with E-state index in [0.717, 1.165) is 5.69 Å². The van der Waals surface area contributed by atoms with E-state index >= 15 is 0 Å². The van der Waals surface area contributed by atoms with Gasteiger partial charge in [0.05, 0.1) is 33.6 Å². The third-order valence-electron chi connectivity index (χ3n) is 16.8. The second-order valence-electron chi connectivity index (χ2n) is 19.8. The van der Waals surface area contributed by atoms with E-state index in [1.54, 1.807) is 0 Å². The molecule has 0 aromatic heterocycles. The Balaban J connectivity index is 1.17. The number of benzene rings is 11. The van der Waals surface area contributed by atoms with Crippen LogP contribution in [-0.4, -0.2) is 8.07 Å². The third-order valence-corrected chi connectivity index (χ3v) is 21.8. The van der Waals surface area contributed by atoms with E-state index < -0.39 is 18.9 Å². The fraction of sp³-hybridized carbons (Fsp3) is 0.0294. The highest BCUT2D eigenvalue weighted by Gasteiger charge is 2.64. The van der Waals surface area contributed by atoms with Gasteiger partial charge in [0.1, 0.15) is 0 Å². The molecule has 5 heterocycles. The fourth-order valence-corrected chi connectivity index (χ4v) is 20.3. The summed E-state index contributed by atoms with van der Waals surface area (Å²) in [6, 6.07) is 104. The van der Waals surface area contributed by atoms with Crippen LogP contribution in [-0.2, 0) is 10.8 Å². The average molecular weight is 932 g/mol. The molecule has 16 rings (SSSR count). The van der Waals surface area contributed by atoms with Crippen LogP contribution < -0.4 is 35.4 Å². The van der Waals surface area contributed by atoms with Crippen molar-refractivity contribution in [3.8, 4) is 0 Å². The predicted octanol–water partition coefficient (Wildman–Crippen LogP) is 13.8. The van der Waals surface area contributed by atoms with Crippen LogP contribution in [0.2, 0.25) is 0 Å². The number of para-hydroxylation sites is 3. The van der Waals surface area contributed by atoms with Crippen molar-refractivity contribution in [1.82, 2.24) is 0 Å². The summed E-state index contributed by atoms with van der Waals surface area (Å²) in [5.41, 5.74) is 20.0. The molecule has 0 unspecified atom stereocenters. The van der Waals surface area contributed by atoms with Crippen LogP contribution in [0.1, 0.15) is 44.5 Å². The van der Waals surface area contributed by atoms with E-state index in [0.29, 0.717) is 0 Å². The fourth-order valence-electron chi connectivity index (χ4n) is 14.4. The Labute approximate surface area is 420 Å². The van der Waals surface area contributed by atoms with Crippen LogP contribution in [0.15, 0.2) is 273 Å². The summed E-state index contributed by atoms with van der Waals surface area (Å²) in [4.78, 5) is 8.00. The van der Waals surface area contributed by atoms with Gasteiger partial charge in [-0.2, -0.15) is 0 Å². The van der Waals surface area contributed by atoms with Gasteiger partial charge in [-0.15, -0.1) is 0 Å². The smallest absolute Gasteiger partial charge is 0.194 e. The molecule has 0 fully saturated rings. The molecule has 0 radical (unpaired) electrons. The lowest BCUT2D eigenvalue weighted by atomic mass is 9.62. The van der Waals surface area contributed by atoms with Crippen molar-refractivity contribution in [2.24, 2.45) is 0 Å². The van der Waals surface area contributed by atoms with Gasteiger partial charge in [-0.05, 0) is 98.2 Å². The Morgan fingerprint density at radius 1 is 0.236 bits per heavy atom. The maximum atomic E-state index is 2.69. The lowest BCUT2D eigenvalue weighted by Crippen LogP contribution is -2.82. The third kappa shape index (κ3) is 4.67. The van der Waals surface area contributed by atoms with Crippen molar-refractivity contribution >= 4 is 80.0 Å². The first kappa shape index (κ1) is 39.8. The summed E-state index contributed by atoms with van der Waals surface area (Å²) in [6.45, 7) is 0. The molecule has 5 aliphatic heterocycles. The van der Waals surface area contributed by atoms with Gasteiger partial charge in [0, 0.05) is 44.0 Å². The van der Waals surface area contributed by atoms with Crippen molar-refractivity contribution in [2.75, 3.05) is 14.7 Å². The van der Waals surface area contributed by atoms with Gasteiger partial charge < -0.3 is 14.7 Å². The highest BCUT2D eigenvalue weighted by Crippen LogP contribution is 2.65. The molecular formula is C68H45N3Si. The van der Waals surface area contributed by atoms with Gasteiger partial charge in [0.25, 0.3) is 0 Å². The number of hydrogen-bond acceptors (Lipinski definition) is 3. The topological polar surface area (TPSA) is 9.72 Å². The first-order valence-electron chi connectivity index (χ1n) is 25.2. The summed E-state index contributed by atoms with van der Waals surface area (Å²) in [6.07, 6.45) is 0. The number of anilines is 9. The molecule has 0 bridgehead atoms. The minimum absolute atomic E-state index is 0.648. The molecular weight excluding hydrogens is 887 g/mol. The van der Waals surface area contributed by atoms with E-state index in [9.17, 15) is 0 Å². The lowest BCUT2D eigenvalue weighted by Gasteiger charge is -2.60. The summed E-state index contributed by atoms with van der Waals surface area (Å²) >= 11 is 0. The van der Waals surface area contributed by atoms with Crippen LogP contribution in [0.5, 0.6) is 0 Å². The zero-order chi connectivity index (χ0) is 47.2. The Morgan fingerprint density at radius 2 is 0.569 bits per heavy atom. The number of hydrogen-bond donors (Lipinski definition) is 0. The van der Waals surface area contributed by atoms with E-state index in [2.05, 4.69) is 288 Å². The molecule has 5 aliphatic rings. The molecule has 0 aliphatic carbocycles. The second-order valence-corrected chi connectivity index (χ2v) is 23.4. The summed E-state index contributed by atoms with van der Waals surface area (Å²) < 4.78 is 0. The van der Waals surface area contributed by atoms with Gasteiger partial charge in [-0.1, -0.05) is 224 Å². The zero-order valence-electron chi connectivity index (χ0n) is 39.3. The molecule has 336 valence electrons. The highest BCUT2D eigenvalue weighted by molar-refractivity contribution is 7.24. The van der Waals surface area contributed by atoms with Crippen LogP contribution in [0.25, 0.3) is 0 Å². The molecule has 0 spiro atoms. The first-order valence-corrected chi connectivity index (χ1v) is 27.2. The SMILES string of the molecule is c1ccc(N2c3ccc4c5c3[Si]3(c6ccccc6)c6c(cccc6N6c7ccccc7C(c7ccccc7)(c7ccccc7)c7ccc2c3c76)N5c2ccccc2C4(c2ccccc2)c2ccccc2)cc1. The Bertz CT molecular complexity index is 3700. The van der Waals surface area contributed by atoms with Crippen LogP contribution in [0, 0.1) is 0 Å². The molecule has 0 atom stereocenters. The van der Waals surface area contributed by atoms with E-state index in [1.165, 1.54) is 111 Å².